The smallest absolute Gasteiger partial charge is 0.341 e. The highest BCUT2D eigenvalue weighted by Crippen LogP contribution is 2.29. The van der Waals surface area contributed by atoms with Crippen LogP contribution in [0.5, 0.6) is 0 Å². The van der Waals surface area contributed by atoms with Crippen LogP contribution in [0.25, 0.3) is 5.69 Å². The van der Waals surface area contributed by atoms with Gasteiger partial charge in [0.05, 0.1) is 16.9 Å². The number of hydrogen-bond donors (Lipinski definition) is 0. The van der Waals surface area contributed by atoms with Gasteiger partial charge in [0, 0.05) is 4.47 Å². The SMILES string of the molecule is N#Cc1ncn2c1COC(=O)c1c(Br)cccc1-2. The van der Waals surface area contributed by atoms with Crippen molar-refractivity contribution in [1.82, 2.24) is 9.55 Å². The molecule has 18 heavy (non-hydrogen) atoms. The van der Waals surface area contributed by atoms with Crippen LogP contribution >= 0.6 is 15.9 Å². The molecule has 0 radical (unpaired) electrons. The molecule has 0 saturated carbocycles. The van der Waals surface area contributed by atoms with Crippen LogP contribution in [0, 0.1) is 11.3 Å². The Bertz CT molecular complexity index is 700. The monoisotopic (exact) mass is 303 g/mol. The van der Waals surface area contributed by atoms with Crippen molar-refractivity contribution in [3.8, 4) is 11.8 Å². The van der Waals surface area contributed by atoms with Gasteiger partial charge in [0.2, 0.25) is 0 Å². The quantitative estimate of drug-likeness (QED) is 0.700. The zero-order chi connectivity index (χ0) is 12.7. The molecule has 1 aromatic heterocycles. The average molecular weight is 304 g/mol. The standard InChI is InChI=1S/C12H6BrN3O2/c13-7-2-1-3-9-11(7)12(17)18-5-10-8(4-14)15-6-16(9)10/h1-3,6H,5H2. The molecule has 0 spiro atoms. The van der Waals surface area contributed by atoms with Crippen LogP contribution in [0.3, 0.4) is 0 Å². The van der Waals surface area contributed by atoms with Crippen LogP contribution in [0.15, 0.2) is 29.0 Å². The van der Waals surface area contributed by atoms with Gasteiger partial charge in [-0.1, -0.05) is 6.07 Å². The number of benzene rings is 1. The molecular weight excluding hydrogens is 298 g/mol. The summed E-state index contributed by atoms with van der Waals surface area (Å²) >= 11 is 3.33. The number of nitrogens with zero attached hydrogens (tertiary/aromatic N) is 3. The van der Waals surface area contributed by atoms with Crippen molar-refractivity contribution in [2.75, 3.05) is 0 Å². The number of halogens is 1. The summed E-state index contributed by atoms with van der Waals surface area (Å²) in [4.78, 5) is 15.9. The Hall–Kier alpha value is -2.13. The summed E-state index contributed by atoms with van der Waals surface area (Å²) in [7, 11) is 0. The summed E-state index contributed by atoms with van der Waals surface area (Å²) in [6, 6.07) is 7.37. The second-order valence-corrected chi connectivity index (χ2v) is 4.59. The highest BCUT2D eigenvalue weighted by molar-refractivity contribution is 9.10. The Balaban J connectivity index is 2.35. The number of cyclic esters (lactones) is 1. The van der Waals surface area contributed by atoms with Gasteiger partial charge in [-0.25, -0.2) is 9.78 Å². The predicted molar refractivity (Wildman–Crippen MR) is 65.1 cm³/mol. The molecular formula is C12H6BrN3O2. The average Bonchev–Trinajstić information content (AvgIpc) is 2.72. The Morgan fingerprint density at radius 3 is 3.11 bits per heavy atom. The van der Waals surface area contributed by atoms with Crippen molar-refractivity contribution in [1.29, 1.82) is 5.26 Å². The Labute approximate surface area is 111 Å². The lowest BCUT2D eigenvalue weighted by molar-refractivity contribution is 0.0474. The highest BCUT2D eigenvalue weighted by Gasteiger charge is 2.25. The second kappa shape index (κ2) is 3.96. The lowest BCUT2D eigenvalue weighted by Crippen LogP contribution is -2.05. The number of rotatable bonds is 0. The molecule has 0 fully saturated rings. The fourth-order valence-electron chi connectivity index (χ4n) is 1.93. The zero-order valence-electron chi connectivity index (χ0n) is 9.05. The maximum atomic E-state index is 11.9. The minimum absolute atomic E-state index is 0.0445. The molecule has 0 unspecified atom stereocenters. The Kier molecular flexibility index (Phi) is 2.42. The van der Waals surface area contributed by atoms with Gasteiger partial charge in [0.15, 0.2) is 5.69 Å². The molecule has 2 aromatic rings. The van der Waals surface area contributed by atoms with E-state index in [1.165, 1.54) is 6.33 Å². The molecule has 1 aliphatic heterocycles. The first-order valence-electron chi connectivity index (χ1n) is 5.14. The van der Waals surface area contributed by atoms with Gasteiger partial charge in [-0.3, -0.25) is 4.57 Å². The van der Waals surface area contributed by atoms with Crippen LogP contribution in [0.4, 0.5) is 0 Å². The van der Waals surface area contributed by atoms with Crippen LogP contribution < -0.4 is 0 Å². The van der Waals surface area contributed by atoms with Crippen molar-refractivity contribution in [3.63, 3.8) is 0 Å². The fraction of sp³-hybridized carbons (Fsp3) is 0.0833. The number of carbonyl (C=O) groups is 1. The van der Waals surface area contributed by atoms with Gasteiger partial charge >= 0.3 is 5.97 Å². The van der Waals surface area contributed by atoms with E-state index in [1.54, 1.807) is 16.7 Å². The zero-order valence-corrected chi connectivity index (χ0v) is 10.6. The Morgan fingerprint density at radius 1 is 1.50 bits per heavy atom. The normalized spacial score (nSPS) is 13.0. The molecule has 5 nitrogen and oxygen atoms in total. The number of aromatic nitrogens is 2. The van der Waals surface area contributed by atoms with Crippen molar-refractivity contribution >= 4 is 21.9 Å². The molecule has 0 aliphatic carbocycles. The fourth-order valence-corrected chi connectivity index (χ4v) is 2.45. The first-order valence-corrected chi connectivity index (χ1v) is 5.94. The summed E-state index contributed by atoms with van der Waals surface area (Å²) in [6.45, 7) is 0.0445. The molecule has 1 aliphatic rings. The van der Waals surface area contributed by atoms with Crippen molar-refractivity contribution in [2.45, 2.75) is 6.61 Å². The number of fused-ring (bicyclic) bond motifs is 3. The number of carbonyl (C=O) groups excluding carboxylic acids is 1. The molecule has 0 saturated heterocycles. The molecule has 6 heteroatoms. The van der Waals surface area contributed by atoms with Crippen molar-refractivity contribution < 1.29 is 9.53 Å². The van der Waals surface area contributed by atoms with Gasteiger partial charge in [0.25, 0.3) is 0 Å². The van der Waals surface area contributed by atoms with Crippen LogP contribution in [0.1, 0.15) is 21.7 Å². The van der Waals surface area contributed by atoms with Gasteiger partial charge in [-0.15, -0.1) is 0 Å². The third-order valence-electron chi connectivity index (χ3n) is 2.77. The van der Waals surface area contributed by atoms with E-state index >= 15 is 0 Å². The van der Waals surface area contributed by atoms with E-state index in [1.807, 2.05) is 12.1 Å². The van der Waals surface area contributed by atoms with Crippen LogP contribution in [0.2, 0.25) is 0 Å². The molecule has 3 rings (SSSR count). The van der Waals surface area contributed by atoms with Crippen molar-refractivity contribution in [3.05, 3.63) is 46.0 Å². The van der Waals surface area contributed by atoms with E-state index in [0.29, 0.717) is 21.4 Å². The molecule has 0 N–H and O–H groups in total. The van der Waals surface area contributed by atoms with Gasteiger partial charge < -0.3 is 4.74 Å². The van der Waals surface area contributed by atoms with E-state index in [0.717, 1.165) is 0 Å². The van der Waals surface area contributed by atoms with E-state index in [9.17, 15) is 4.79 Å². The first kappa shape index (κ1) is 11.0. The predicted octanol–water partition coefficient (Wildman–Crippen LogP) is 2.18. The molecule has 0 atom stereocenters. The van der Waals surface area contributed by atoms with E-state index in [-0.39, 0.29) is 12.3 Å². The van der Waals surface area contributed by atoms with Gasteiger partial charge in [-0.2, -0.15) is 5.26 Å². The highest BCUT2D eigenvalue weighted by atomic mass is 79.9. The van der Waals surface area contributed by atoms with E-state index in [4.69, 9.17) is 10.00 Å². The minimum Gasteiger partial charge on any atom is -0.455 e. The topological polar surface area (TPSA) is 67.9 Å². The lowest BCUT2D eigenvalue weighted by Gasteiger charge is -2.07. The third kappa shape index (κ3) is 1.45. The lowest BCUT2D eigenvalue weighted by atomic mass is 10.2. The summed E-state index contributed by atoms with van der Waals surface area (Å²) in [6.07, 6.45) is 1.53. The molecule has 0 bridgehead atoms. The maximum absolute atomic E-state index is 11.9. The molecule has 2 heterocycles. The second-order valence-electron chi connectivity index (χ2n) is 3.73. The summed E-state index contributed by atoms with van der Waals surface area (Å²) in [5.74, 6) is -0.412. The molecule has 1 aromatic carbocycles. The molecule has 0 amide bonds. The molecule has 88 valence electrons. The number of hydrogen-bond acceptors (Lipinski definition) is 4. The van der Waals surface area contributed by atoms with E-state index < -0.39 is 5.97 Å². The van der Waals surface area contributed by atoms with Gasteiger partial charge in [0.1, 0.15) is 19.0 Å². The first-order chi connectivity index (χ1) is 8.72. The van der Waals surface area contributed by atoms with Gasteiger partial charge in [-0.05, 0) is 28.1 Å². The third-order valence-corrected chi connectivity index (χ3v) is 3.43. The maximum Gasteiger partial charge on any atom is 0.341 e. The number of ether oxygens (including phenoxy) is 1. The summed E-state index contributed by atoms with van der Waals surface area (Å²) in [5, 5.41) is 8.97. The largest absolute Gasteiger partial charge is 0.455 e. The Morgan fingerprint density at radius 2 is 2.33 bits per heavy atom. The summed E-state index contributed by atoms with van der Waals surface area (Å²) in [5.41, 5.74) is 1.97. The van der Waals surface area contributed by atoms with Crippen molar-refractivity contribution in [2.24, 2.45) is 0 Å². The van der Waals surface area contributed by atoms with Crippen LogP contribution in [-0.4, -0.2) is 15.5 Å². The number of nitriles is 1. The van der Waals surface area contributed by atoms with E-state index in [2.05, 4.69) is 20.9 Å². The number of imidazole rings is 1. The minimum atomic E-state index is -0.412. The van der Waals surface area contributed by atoms with Crippen LogP contribution in [-0.2, 0) is 11.3 Å². The number of esters is 1. The summed E-state index contributed by atoms with van der Waals surface area (Å²) < 4.78 is 7.53.